The van der Waals surface area contributed by atoms with Crippen LogP contribution in [0, 0.1) is 6.92 Å². The monoisotopic (exact) mass is 429 g/mol. The van der Waals surface area contributed by atoms with Crippen LogP contribution in [0.5, 0.6) is 5.75 Å². The third-order valence-corrected chi connectivity index (χ3v) is 5.00. The van der Waals surface area contributed by atoms with Crippen LogP contribution in [0.1, 0.15) is 42.1 Å². The summed E-state index contributed by atoms with van der Waals surface area (Å²) >= 11 is 11.5. The van der Waals surface area contributed by atoms with Crippen molar-refractivity contribution in [2.24, 2.45) is 0 Å². The van der Waals surface area contributed by atoms with E-state index in [1.54, 1.807) is 36.4 Å². The zero-order valence-electron chi connectivity index (χ0n) is 15.3. The molecule has 0 aromatic heterocycles. The lowest BCUT2D eigenvalue weighted by atomic mass is 10.1. The van der Waals surface area contributed by atoms with Crippen molar-refractivity contribution in [1.82, 2.24) is 0 Å². The number of carbonyl (C=O) groups excluding carboxylic acids is 1. The van der Waals surface area contributed by atoms with Crippen molar-refractivity contribution in [1.29, 1.82) is 0 Å². The molecule has 0 aliphatic rings. The number of halogens is 3. The van der Waals surface area contributed by atoms with E-state index in [0.29, 0.717) is 35.6 Å². The van der Waals surface area contributed by atoms with Crippen LogP contribution >= 0.6 is 35.1 Å². The zero-order chi connectivity index (χ0) is 19.9. The summed E-state index contributed by atoms with van der Waals surface area (Å²) in [5.41, 5.74) is 1.65. The molecule has 1 amide bonds. The standard InChI is InChI=1S/C20H22Cl2FNO2S/c1-3-4-7-13-26-17-11-8-10-16(14-17)24(27-20(21,22)23)19(25)18-12-6-5-9-15(18)2/h5-6,8-12,14H,3-4,7,13H2,1-2H3. The van der Waals surface area contributed by atoms with Crippen molar-refractivity contribution in [2.75, 3.05) is 10.9 Å². The van der Waals surface area contributed by atoms with Gasteiger partial charge in [-0.2, -0.15) is 4.39 Å². The van der Waals surface area contributed by atoms with Gasteiger partial charge in [0, 0.05) is 23.6 Å². The second kappa shape index (κ2) is 10.2. The molecule has 0 bridgehead atoms. The van der Waals surface area contributed by atoms with E-state index in [1.807, 2.05) is 19.1 Å². The number of hydrogen-bond acceptors (Lipinski definition) is 3. The summed E-state index contributed by atoms with van der Waals surface area (Å²) < 4.78 is 18.2. The van der Waals surface area contributed by atoms with Gasteiger partial charge in [-0.15, -0.1) is 0 Å². The third-order valence-electron chi connectivity index (χ3n) is 3.82. The Morgan fingerprint density at radius 3 is 2.59 bits per heavy atom. The van der Waals surface area contributed by atoms with E-state index in [-0.39, 0.29) is 0 Å². The van der Waals surface area contributed by atoms with Crippen LogP contribution in [0.25, 0.3) is 0 Å². The first-order chi connectivity index (χ1) is 12.8. The van der Waals surface area contributed by atoms with Gasteiger partial charge in [-0.1, -0.05) is 67.2 Å². The Balaban J connectivity index is 2.29. The molecule has 7 heteroatoms. The fourth-order valence-corrected chi connectivity index (χ4v) is 3.50. The molecule has 2 aromatic carbocycles. The number of rotatable bonds is 9. The minimum atomic E-state index is -2.66. The van der Waals surface area contributed by atoms with E-state index in [0.717, 1.165) is 29.1 Å². The lowest BCUT2D eigenvalue weighted by Crippen LogP contribution is -2.27. The highest BCUT2D eigenvalue weighted by atomic mass is 35.5. The van der Waals surface area contributed by atoms with Crippen LogP contribution in [0.15, 0.2) is 48.5 Å². The van der Waals surface area contributed by atoms with Crippen molar-refractivity contribution in [3.05, 3.63) is 59.7 Å². The second-order valence-electron chi connectivity index (χ2n) is 6.00. The molecular weight excluding hydrogens is 408 g/mol. The summed E-state index contributed by atoms with van der Waals surface area (Å²) in [5, 5.41) is 0. The van der Waals surface area contributed by atoms with Crippen LogP contribution < -0.4 is 9.04 Å². The minimum absolute atomic E-state index is 0.400. The molecule has 0 spiro atoms. The summed E-state index contributed by atoms with van der Waals surface area (Å²) in [4.78, 5) is 13.0. The average Bonchev–Trinajstić information content (AvgIpc) is 2.63. The van der Waals surface area contributed by atoms with E-state index in [1.165, 1.54) is 0 Å². The summed E-state index contributed by atoms with van der Waals surface area (Å²) in [6.45, 7) is 4.51. The lowest BCUT2D eigenvalue weighted by Gasteiger charge is -2.25. The van der Waals surface area contributed by atoms with E-state index in [9.17, 15) is 9.18 Å². The molecule has 0 heterocycles. The molecule has 0 aliphatic carbocycles. The van der Waals surface area contributed by atoms with E-state index in [2.05, 4.69) is 6.92 Å². The van der Waals surface area contributed by atoms with Gasteiger partial charge in [-0.3, -0.25) is 4.79 Å². The topological polar surface area (TPSA) is 29.5 Å². The maximum Gasteiger partial charge on any atom is 0.324 e. The van der Waals surface area contributed by atoms with Crippen molar-refractivity contribution >= 4 is 46.7 Å². The lowest BCUT2D eigenvalue weighted by molar-refractivity contribution is 0.101. The maximum atomic E-state index is 14.0. The maximum absolute atomic E-state index is 14.0. The SMILES string of the molecule is CCCCCOc1cccc(N(SC(F)(Cl)Cl)C(=O)c2ccccc2C)c1. The number of benzene rings is 2. The van der Waals surface area contributed by atoms with Crippen molar-refractivity contribution in [3.8, 4) is 5.75 Å². The smallest absolute Gasteiger partial charge is 0.324 e. The number of alkyl halides is 3. The molecule has 0 aliphatic heterocycles. The molecular formula is C20H22Cl2FNO2S. The highest BCUT2D eigenvalue weighted by Crippen LogP contribution is 2.42. The Bertz CT molecular complexity index is 768. The highest BCUT2D eigenvalue weighted by Gasteiger charge is 2.32. The summed E-state index contributed by atoms with van der Waals surface area (Å²) in [6, 6.07) is 14.0. The molecule has 0 fully saturated rings. The van der Waals surface area contributed by atoms with Gasteiger partial charge in [0.05, 0.1) is 12.3 Å². The van der Waals surface area contributed by atoms with Gasteiger partial charge in [-0.05, 0) is 37.1 Å². The number of nitrogens with zero attached hydrogens (tertiary/aromatic N) is 1. The van der Waals surface area contributed by atoms with E-state index < -0.39 is 9.83 Å². The van der Waals surface area contributed by atoms with Crippen LogP contribution in [0.3, 0.4) is 0 Å². The second-order valence-corrected chi connectivity index (χ2v) is 8.80. The predicted molar refractivity (Wildman–Crippen MR) is 113 cm³/mol. The van der Waals surface area contributed by atoms with Crippen LogP contribution in [0.2, 0.25) is 0 Å². The Labute approximate surface area is 173 Å². The molecule has 0 saturated carbocycles. The molecule has 146 valence electrons. The van der Waals surface area contributed by atoms with Gasteiger partial charge in [0.25, 0.3) is 5.91 Å². The molecule has 0 unspecified atom stereocenters. The molecule has 27 heavy (non-hydrogen) atoms. The number of ether oxygens (including phenoxy) is 1. The van der Waals surface area contributed by atoms with Gasteiger partial charge in [0.2, 0.25) is 0 Å². The van der Waals surface area contributed by atoms with Gasteiger partial charge in [0.15, 0.2) is 0 Å². The number of hydrogen-bond donors (Lipinski definition) is 0. The molecule has 0 atom stereocenters. The first-order valence-corrected chi connectivity index (χ1v) is 10.2. The molecule has 2 rings (SSSR count). The summed E-state index contributed by atoms with van der Waals surface area (Å²) in [6.07, 6.45) is 3.12. The molecule has 0 N–H and O–H groups in total. The summed E-state index contributed by atoms with van der Waals surface area (Å²) in [7, 11) is 0. The summed E-state index contributed by atoms with van der Waals surface area (Å²) in [5.74, 6) is 0.185. The first-order valence-electron chi connectivity index (χ1n) is 8.70. The normalized spacial score (nSPS) is 11.3. The molecule has 3 nitrogen and oxygen atoms in total. The quantitative estimate of drug-likeness (QED) is 0.246. The predicted octanol–water partition coefficient (Wildman–Crippen LogP) is 6.92. The van der Waals surface area contributed by atoms with Crippen LogP contribution in [-0.4, -0.2) is 16.4 Å². The number of amides is 1. The zero-order valence-corrected chi connectivity index (χ0v) is 17.6. The fraction of sp³-hybridized carbons (Fsp3) is 0.350. The first kappa shape index (κ1) is 21.9. The fourth-order valence-electron chi connectivity index (χ4n) is 2.48. The van der Waals surface area contributed by atoms with Gasteiger partial charge in [-0.25, -0.2) is 4.31 Å². The Morgan fingerprint density at radius 1 is 1.19 bits per heavy atom. The van der Waals surface area contributed by atoms with Gasteiger partial charge >= 0.3 is 3.92 Å². The number of anilines is 1. The minimum Gasteiger partial charge on any atom is -0.494 e. The average molecular weight is 430 g/mol. The van der Waals surface area contributed by atoms with Crippen LogP contribution in [-0.2, 0) is 0 Å². The third kappa shape index (κ3) is 6.91. The highest BCUT2D eigenvalue weighted by molar-refractivity contribution is 8.05. The molecule has 2 aromatic rings. The number of unbranched alkanes of at least 4 members (excludes halogenated alkanes) is 2. The molecule has 0 saturated heterocycles. The number of aryl methyl sites for hydroxylation is 1. The molecule has 0 radical (unpaired) electrons. The number of carbonyl (C=O) groups is 1. The van der Waals surface area contributed by atoms with Crippen LogP contribution in [0.4, 0.5) is 10.1 Å². The van der Waals surface area contributed by atoms with E-state index in [4.69, 9.17) is 27.9 Å². The van der Waals surface area contributed by atoms with Crippen molar-refractivity contribution < 1.29 is 13.9 Å². The van der Waals surface area contributed by atoms with Gasteiger partial charge in [0.1, 0.15) is 5.75 Å². The van der Waals surface area contributed by atoms with Crippen molar-refractivity contribution in [2.45, 2.75) is 37.0 Å². The Kier molecular flexibility index (Phi) is 8.27. The largest absolute Gasteiger partial charge is 0.494 e. The Morgan fingerprint density at radius 2 is 1.93 bits per heavy atom. The van der Waals surface area contributed by atoms with Crippen molar-refractivity contribution in [3.63, 3.8) is 0 Å². The van der Waals surface area contributed by atoms with E-state index >= 15 is 0 Å². The van der Waals surface area contributed by atoms with Gasteiger partial charge < -0.3 is 4.74 Å². The Hall–Kier alpha value is -1.43.